The molecule has 6 heteroatoms. The van der Waals surface area contributed by atoms with Crippen LogP contribution in [0.25, 0.3) is 0 Å². The molecule has 0 heterocycles. The zero-order valence-corrected chi connectivity index (χ0v) is 12.2. The number of nitro groups is 1. The molecule has 0 saturated heterocycles. The van der Waals surface area contributed by atoms with E-state index in [9.17, 15) is 14.9 Å². The van der Waals surface area contributed by atoms with Crippen molar-refractivity contribution in [3.8, 4) is 0 Å². The first-order chi connectivity index (χ1) is 9.93. The predicted molar refractivity (Wildman–Crippen MR) is 80.2 cm³/mol. The molecule has 6 nitrogen and oxygen atoms in total. The Bertz CT molecular complexity index is 551. The zero-order chi connectivity index (χ0) is 15.5. The minimum atomic E-state index is -0.475. The van der Waals surface area contributed by atoms with Crippen molar-refractivity contribution in [2.45, 2.75) is 44.6 Å². The molecule has 0 unspecified atom stereocenters. The normalized spacial score (nSPS) is 17.2. The van der Waals surface area contributed by atoms with Gasteiger partial charge in [-0.1, -0.05) is 25.3 Å². The lowest BCUT2D eigenvalue weighted by atomic mass is 9.82. The van der Waals surface area contributed by atoms with Crippen molar-refractivity contribution in [2.24, 2.45) is 5.73 Å². The van der Waals surface area contributed by atoms with E-state index < -0.39 is 4.92 Å². The van der Waals surface area contributed by atoms with E-state index in [1.54, 1.807) is 13.0 Å². The summed E-state index contributed by atoms with van der Waals surface area (Å²) in [5, 5.41) is 13.7. The molecule has 0 aromatic heterocycles. The molecule has 1 aromatic rings. The third kappa shape index (κ3) is 3.58. The molecule has 1 aromatic carbocycles. The highest BCUT2D eigenvalue weighted by molar-refractivity contribution is 5.96. The number of nitrogens with two attached hydrogens (primary N) is 1. The number of carbonyl (C=O) groups excluding carboxylic acids is 1. The molecule has 1 aliphatic rings. The summed E-state index contributed by atoms with van der Waals surface area (Å²) in [5.74, 6) is -0.299. The predicted octanol–water partition coefficient (Wildman–Crippen LogP) is 2.29. The number of hydrogen-bond acceptors (Lipinski definition) is 4. The van der Waals surface area contributed by atoms with Gasteiger partial charge in [0.1, 0.15) is 0 Å². The molecule has 3 N–H and O–H groups in total. The van der Waals surface area contributed by atoms with E-state index >= 15 is 0 Å². The second-order valence-electron chi connectivity index (χ2n) is 5.81. The van der Waals surface area contributed by atoms with Crippen molar-refractivity contribution in [1.82, 2.24) is 5.32 Å². The third-order valence-corrected chi connectivity index (χ3v) is 4.20. The summed E-state index contributed by atoms with van der Waals surface area (Å²) in [6.45, 7) is 2.00. The minimum Gasteiger partial charge on any atom is -0.350 e. The van der Waals surface area contributed by atoms with Gasteiger partial charge in [0.15, 0.2) is 0 Å². The second kappa shape index (κ2) is 6.22. The lowest BCUT2D eigenvalue weighted by Gasteiger charge is -2.33. The van der Waals surface area contributed by atoms with Crippen LogP contribution < -0.4 is 11.1 Å². The van der Waals surface area contributed by atoms with E-state index in [0.717, 1.165) is 25.7 Å². The summed E-state index contributed by atoms with van der Waals surface area (Å²) in [7, 11) is 0. The Hall–Kier alpha value is -1.95. The Morgan fingerprint density at radius 3 is 2.67 bits per heavy atom. The van der Waals surface area contributed by atoms with Crippen LogP contribution in [0.15, 0.2) is 18.2 Å². The van der Waals surface area contributed by atoms with Gasteiger partial charge < -0.3 is 11.1 Å². The van der Waals surface area contributed by atoms with Crippen LogP contribution in [0, 0.1) is 17.0 Å². The number of nitrogens with zero attached hydrogens (tertiary/aromatic N) is 1. The van der Waals surface area contributed by atoms with E-state index in [1.165, 1.54) is 18.6 Å². The lowest BCUT2D eigenvalue weighted by Crippen LogP contribution is -2.51. The van der Waals surface area contributed by atoms with Gasteiger partial charge in [-0.05, 0) is 25.8 Å². The first-order valence-electron chi connectivity index (χ1n) is 7.24. The smallest absolute Gasteiger partial charge is 0.273 e. The Balaban J connectivity index is 2.07. The second-order valence-corrected chi connectivity index (χ2v) is 5.81. The van der Waals surface area contributed by atoms with Gasteiger partial charge in [-0.25, -0.2) is 0 Å². The maximum absolute atomic E-state index is 12.2. The maximum Gasteiger partial charge on any atom is 0.273 e. The average Bonchev–Trinajstić information content (AvgIpc) is 2.45. The van der Waals surface area contributed by atoms with Crippen molar-refractivity contribution in [3.05, 3.63) is 39.4 Å². The standard InChI is InChI=1S/C15H21N3O3/c1-11-12(6-5-7-13(11)18(20)21)14(19)17-10-15(16)8-3-2-4-9-15/h5-7H,2-4,8-10,16H2,1H3,(H,17,19). The summed E-state index contributed by atoms with van der Waals surface area (Å²) in [6, 6.07) is 4.53. The monoisotopic (exact) mass is 291 g/mol. The van der Waals surface area contributed by atoms with Crippen LogP contribution >= 0.6 is 0 Å². The molecule has 2 rings (SSSR count). The molecule has 1 aliphatic carbocycles. The van der Waals surface area contributed by atoms with Crippen LogP contribution in [0.4, 0.5) is 5.69 Å². The van der Waals surface area contributed by atoms with Crippen molar-refractivity contribution in [2.75, 3.05) is 6.54 Å². The fourth-order valence-electron chi connectivity index (χ4n) is 2.85. The van der Waals surface area contributed by atoms with Crippen LogP contribution in [0.2, 0.25) is 0 Å². The number of amides is 1. The lowest BCUT2D eigenvalue weighted by molar-refractivity contribution is -0.385. The first kappa shape index (κ1) is 15.4. The van der Waals surface area contributed by atoms with Crippen LogP contribution in [-0.4, -0.2) is 22.9 Å². The van der Waals surface area contributed by atoms with Gasteiger partial charge in [0.25, 0.3) is 11.6 Å². The first-order valence-corrected chi connectivity index (χ1v) is 7.24. The fourth-order valence-corrected chi connectivity index (χ4v) is 2.85. The third-order valence-electron chi connectivity index (χ3n) is 4.20. The van der Waals surface area contributed by atoms with Gasteiger partial charge in [0.2, 0.25) is 0 Å². The summed E-state index contributed by atoms with van der Waals surface area (Å²) in [5.41, 5.74) is 6.62. The van der Waals surface area contributed by atoms with Crippen molar-refractivity contribution in [3.63, 3.8) is 0 Å². The molecule has 21 heavy (non-hydrogen) atoms. The van der Waals surface area contributed by atoms with Gasteiger partial charge >= 0.3 is 0 Å². The highest BCUT2D eigenvalue weighted by atomic mass is 16.6. The van der Waals surface area contributed by atoms with Gasteiger partial charge in [0, 0.05) is 29.3 Å². The Morgan fingerprint density at radius 1 is 1.38 bits per heavy atom. The highest BCUT2D eigenvalue weighted by Crippen LogP contribution is 2.25. The molecule has 0 radical (unpaired) electrons. The molecule has 1 saturated carbocycles. The topological polar surface area (TPSA) is 98.3 Å². The fraction of sp³-hybridized carbons (Fsp3) is 0.533. The number of nitrogens with one attached hydrogen (secondary N) is 1. The molecular weight excluding hydrogens is 270 g/mol. The number of nitro benzene ring substituents is 1. The Labute approximate surface area is 123 Å². The van der Waals surface area contributed by atoms with Gasteiger partial charge in [-0.3, -0.25) is 14.9 Å². The van der Waals surface area contributed by atoms with Gasteiger partial charge in [-0.2, -0.15) is 0 Å². The van der Waals surface area contributed by atoms with Crippen LogP contribution in [0.1, 0.15) is 48.0 Å². The molecule has 0 bridgehead atoms. The molecule has 0 atom stereocenters. The van der Waals surface area contributed by atoms with E-state index in [1.807, 2.05) is 0 Å². The number of rotatable bonds is 4. The largest absolute Gasteiger partial charge is 0.350 e. The van der Waals surface area contributed by atoms with Crippen LogP contribution in [0.5, 0.6) is 0 Å². The summed E-state index contributed by atoms with van der Waals surface area (Å²) in [6.07, 6.45) is 5.17. The van der Waals surface area contributed by atoms with Gasteiger partial charge in [0.05, 0.1) is 4.92 Å². The van der Waals surface area contributed by atoms with Gasteiger partial charge in [-0.15, -0.1) is 0 Å². The van der Waals surface area contributed by atoms with E-state index in [2.05, 4.69) is 5.32 Å². The number of benzene rings is 1. The number of hydrogen-bond donors (Lipinski definition) is 2. The Morgan fingerprint density at radius 2 is 2.05 bits per heavy atom. The van der Waals surface area contributed by atoms with Crippen LogP contribution in [0.3, 0.4) is 0 Å². The quantitative estimate of drug-likeness (QED) is 0.656. The van der Waals surface area contributed by atoms with Crippen molar-refractivity contribution < 1.29 is 9.72 Å². The van der Waals surface area contributed by atoms with Crippen LogP contribution in [-0.2, 0) is 0 Å². The van der Waals surface area contributed by atoms with Crippen molar-refractivity contribution >= 4 is 11.6 Å². The summed E-state index contributed by atoms with van der Waals surface area (Å²) >= 11 is 0. The van der Waals surface area contributed by atoms with E-state index in [-0.39, 0.29) is 17.1 Å². The molecule has 0 aliphatic heterocycles. The highest BCUT2D eigenvalue weighted by Gasteiger charge is 2.28. The van der Waals surface area contributed by atoms with Crippen molar-refractivity contribution in [1.29, 1.82) is 0 Å². The minimum absolute atomic E-state index is 0.0391. The summed E-state index contributed by atoms with van der Waals surface area (Å²) < 4.78 is 0. The molecule has 114 valence electrons. The zero-order valence-electron chi connectivity index (χ0n) is 12.2. The molecule has 1 fully saturated rings. The van der Waals surface area contributed by atoms with E-state index in [0.29, 0.717) is 17.7 Å². The maximum atomic E-state index is 12.2. The molecule has 0 spiro atoms. The summed E-state index contributed by atoms with van der Waals surface area (Å²) in [4.78, 5) is 22.7. The molecular formula is C15H21N3O3. The average molecular weight is 291 g/mol. The Kier molecular flexibility index (Phi) is 4.57. The number of carbonyl (C=O) groups is 1. The van der Waals surface area contributed by atoms with E-state index in [4.69, 9.17) is 5.73 Å². The SMILES string of the molecule is Cc1c(C(=O)NCC2(N)CCCCC2)cccc1[N+](=O)[O-]. The molecule has 1 amide bonds.